The Morgan fingerprint density at radius 1 is 1.24 bits per heavy atom. The Balaban J connectivity index is 1.46. The highest BCUT2D eigenvalue weighted by atomic mass is 16.5. The van der Waals surface area contributed by atoms with Gasteiger partial charge >= 0.3 is 0 Å². The molecular weight excluding hydrogens is 360 g/mol. The van der Waals surface area contributed by atoms with Gasteiger partial charge in [0.1, 0.15) is 12.0 Å². The largest absolute Gasteiger partial charge is 0.361 e. The Kier molecular flexibility index (Phi) is 4.60. The molecule has 0 saturated carbocycles. The maximum atomic E-state index is 5.93. The number of fused-ring (bicyclic) bond motifs is 2. The normalized spacial score (nSPS) is 25.0. The van der Waals surface area contributed by atoms with Crippen molar-refractivity contribution in [2.24, 2.45) is 13.0 Å². The van der Waals surface area contributed by atoms with Crippen molar-refractivity contribution in [2.45, 2.75) is 38.0 Å². The summed E-state index contributed by atoms with van der Waals surface area (Å²) < 4.78 is 8.21. The fourth-order valence-electron chi connectivity index (χ4n) is 5.61. The summed E-state index contributed by atoms with van der Waals surface area (Å²) in [5.41, 5.74) is 5.56. The predicted octanol–water partition coefficient (Wildman–Crippen LogP) is 3.93. The quantitative estimate of drug-likeness (QED) is 0.686. The number of likely N-dealkylation sites (tertiary alicyclic amines) is 1. The van der Waals surface area contributed by atoms with Crippen LogP contribution in [0.2, 0.25) is 0 Å². The Hall–Kier alpha value is -2.37. The summed E-state index contributed by atoms with van der Waals surface area (Å²) in [5, 5.41) is 5.02. The number of methoxy groups -OCH3 is 1. The van der Waals surface area contributed by atoms with Gasteiger partial charge in [-0.15, -0.1) is 0 Å². The topological polar surface area (TPSA) is 42.3 Å². The Labute approximate surface area is 172 Å². The first-order chi connectivity index (χ1) is 14.0. The lowest BCUT2D eigenvalue weighted by Gasteiger charge is -2.47. The number of aryl methyl sites for hydroxylation is 2. The Morgan fingerprint density at radius 3 is 2.90 bits per heavy atom. The first kappa shape index (κ1) is 18.6. The van der Waals surface area contributed by atoms with Gasteiger partial charge in [-0.3, -0.25) is 0 Å². The molecule has 4 atom stereocenters. The number of pyridine rings is 1. The molecule has 1 fully saturated rings. The van der Waals surface area contributed by atoms with Crippen LogP contribution in [0.1, 0.15) is 29.0 Å². The lowest BCUT2D eigenvalue weighted by atomic mass is 9.72. The fourth-order valence-corrected chi connectivity index (χ4v) is 5.61. The van der Waals surface area contributed by atoms with Crippen LogP contribution in [0.3, 0.4) is 0 Å². The van der Waals surface area contributed by atoms with Gasteiger partial charge in [0.15, 0.2) is 0 Å². The van der Waals surface area contributed by atoms with Crippen LogP contribution in [0.5, 0.6) is 0 Å². The smallest absolute Gasteiger partial charge is 0.132 e. The zero-order valence-electron chi connectivity index (χ0n) is 17.7. The van der Waals surface area contributed by atoms with Crippen LogP contribution in [0.25, 0.3) is 10.9 Å². The van der Waals surface area contributed by atoms with Crippen molar-refractivity contribution < 1.29 is 4.74 Å². The second kappa shape index (κ2) is 7.15. The zero-order valence-corrected chi connectivity index (χ0v) is 17.7. The molecule has 29 heavy (non-hydrogen) atoms. The number of nitrogens with zero attached hydrogens (tertiary/aromatic N) is 3. The van der Waals surface area contributed by atoms with Gasteiger partial charge in [0, 0.05) is 61.9 Å². The molecule has 1 aliphatic heterocycles. The summed E-state index contributed by atoms with van der Waals surface area (Å²) in [7, 11) is 6.24. The van der Waals surface area contributed by atoms with Crippen molar-refractivity contribution in [3.63, 3.8) is 0 Å². The SMILES string of the molecule is COC(Nc1cc(C)ccn1)[C@@H]1CC2c3cccc4c3c(cn4C)C[C@H]2N(C)C1. The van der Waals surface area contributed by atoms with Crippen molar-refractivity contribution in [1.29, 1.82) is 0 Å². The molecule has 0 amide bonds. The molecule has 5 heteroatoms. The summed E-state index contributed by atoms with van der Waals surface area (Å²) >= 11 is 0. The number of nitrogens with one attached hydrogen (secondary N) is 1. The van der Waals surface area contributed by atoms with Crippen molar-refractivity contribution in [3.05, 3.63) is 59.4 Å². The van der Waals surface area contributed by atoms with Crippen molar-refractivity contribution in [2.75, 3.05) is 26.0 Å². The van der Waals surface area contributed by atoms with Crippen LogP contribution >= 0.6 is 0 Å². The first-order valence-corrected chi connectivity index (χ1v) is 10.5. The van der Waals surface area contributed by atoms with Gasteiger partial charge in [0.25, 0.3) is 0 Å². The number of rotatable bonds is 4. The lowest BCUT2D eigenvalue weighted by molar-refractivity contribution is 0.0126. The maximum absolute atomic E-state index is 5.93. The van der Waals surface area contributed by atoms with E-state index in [0.29, 0.717) is 17.9 Å². The summed E-state index contributed by atoms with van der Waals surface area (Å²) in [4.78, 5) is 7.03. The minimum atomic E-state index is -0.0518. The number of likely N-dealkylation sites (N-methyl/N-ethyl adjacent to an activating group) is 1. The van der Waals surface area contributed by atoms with Gasteiger partial charge in [-0.1, -0.05) is 12.1 Å². The lowest BCUT2D eigenvalue weighted by Crippen LogP contribution is -2.51. The van der Waals surface area contributed by atoms with Crippen LogP contribution in [0.15, 0.2) is 42.7 Å². The fraction of sp³-hybridized carbons (Fsp3) is 0.458. The van der Waals surface area contributed by atoms with E-state index in [1.807, 2.05) is 12.3 Å². The maximum Gasteiger partial charge on any atom is 0.132 e. The third kappa shape index (κ3) is 3.13. The van der Waals surface area contributed by atoms with Gasteiger partial charge in [-0.2, -0.15) is 0 Å². The molecule has 3 heterocycles. The molecule has 1 aromatic carbocycles. The average Bonchev–Trinajstić information content (AvgIpc) is 3.04. The summed E-state index contributed by atoms with van der Waals surface area (Å²) in [6.07, 6.45) is 6.38. The van der Waals surface area contributed by atoms with Gasteiger partial charge in [0.05, 0.1) is 0 Å². The molecule has 1 N–H and O–H groups in total. The minimum Gasteiger partial charge on any atom is -0.361 e. The number of piperidine rings is 1. The van der Waals surface area contributed by atoms with Gasteiger partial charge in [-0.25, -0.2) is 4.98 Å². The standard InChI is InChI=1S/C24H30N4O/c1-15-8-9-25-22(10-15)26-24(29-4)17-11-19-18-6-5-7-20-23(18)16(13-27(20)2)12-21(19)28(3)14-17/h5-10,13,17,19,21,24H,11-12,14H2,1-4H3,(H,25,26)/t17-,19?,21-,24?/m1/s1. The monoisotopic (exact) mass is 390 g/mol. The molecule has 0 spiro atoms. The highest BCUT2D eigenvalue weighted by Gasteiger charge is 2.41. The second-order valence-corrected chi connectivity index (χ2v) is 8.84. The van der Waals surface area contributed by atoms with E-state index < -0.39 is 0 Å². The molecule has 5 nitrogen and oxygen atoms in total. The van der Waals surface area contributed by atoms with Crippen molar-refractivity contribution >= 4 is 16.7 Å². The molecule has 0 bridgehead atoms. The first-order valence-electron chi connectivity index (χ1n) is 10.5. The Bertz CT molecular complexity index is 1040. The van der Waals surface area contributed by atoms with E-state index in [2.05, 4.69) is 71.2 Å². The average molecular weight is 391 g/mol. The number of ether oxygens (including phenoxy) is 1. The van der Waals surface area contributed by atoms with Crippen LogP contribution in [-0.4, -0.2) is 47.4 Å². The third-order valence-electron chi connectivity index (χ3n) is 6.95. The third-order valence-corrected chi connectivity index (χ3v) is 6.95. The summed E-state index contributed by atoms with van der Waals surface area (Å²) in [6.45, 7) is 3.12. The number of hydrogen-bond acceptors (Lipinski definition) is 4. The highest BCUT2D eigenvalue weighted by molar-refractivity contribution is 5.89. The number of anilines is 1. The van der Waals surface area contributed by atoms with E-state index in [1.165, 1.54) is 27.6 Å². The molecule has 5 rings (SSSR count). The number of aromatic nitrogens is 2. The molecular formula is C24H30N4O. The molecule has 152 valence electrons. The number of benzene rings is 1. The molecule has 0 radical (unpaired) electrons. The molecule has 2 aliphatic rings. The summed E-state index contributed by atoms with van der Waals surface area (Å²) in [5.74, 6) is 1.81. The molecule has 1 saturated heterocycles. The van der Waals surface area contributed by atoms with Crippen LogP contribution in [-0.2, 0) is 18.2 Å². The second-order valence-electron chi connectivity index (χ2n) is 8.84. The van der Waals surface area contributed by atoms with Gasteiger partial charge < -0.3 is 19.5 Å². The van der Waals surface area contributed by atoms with E-state index in [9.17, 15) is 0 Å². The van der Waals surface area contributed by atoms with Crippen LogP contribution < -0.4 is 5.32 Å². The zero-order chi connectivity index (χ0) is 20.1. The van der Waals surface area contributed by atoms with Crippen LogP contribution in [0, 0.1) is 12.8 Å². The van der Waals surface area contributed by atoms with Crippen molar-refractivity contribution in [1.82, 2.24) is 14.5 Å². The molecule has 2 aromatic heterocycles. The van der Waals surface area contributed by atoms with Gasteiger partial charge in [-0.05, 0) is 61.7 Å². The minimum absolute atomic E-state index is 0.0518. The number of hydrogen-bond donors (Lipinski definition) is 1. The predicted molar refractivity (Wildman–Crippen MR) is 117 cm³/mol. The van der Waals surface area contributed by atoms with E-state index in [0.717, 1.165) is 25.2 Å². The molecule has 2 unspecified atom stereocenters. The Morgan fingerprint density at radius 2 is 2.10 bits per heavy atom. The van der Waals surface area contributed by atoms with Crippen molar-refractivity contribution in [3.8, 4) is 0 Å². The summed E-state index contributed by atoms with van der Waals surface area (Å²) in [6, 6.07) is 11.5. The van der Waals surface area contributed by atoms with E-state index >= 15 is 0 Å². The van der Waals surface area contributed by atoms with E-state index in [4.69, 9.17) is 4.74 Å². The van der Waals surface area contributed by atoms with E-state index in [-0.39, 0.29) is 6.23 Å². The molecule has 3 aromatic rings. The highest BCUT2D eigenvalue weighted by Crippen LogP contribution is 2.45. The molecule has 1 aliphatic carbocycles. The van der Waals surface area contributed by atoms with E-state index in [1.54, 1.807) is 7.11 Å². The van der Waals surface area contributed by atoms with Crippen LogP contribution in [0.4, 0.5) is 5.82 Å². The van der Waals surface area contributed by atoms with Gasteiger partial charge in [0.2, 0.25) is 0 Å².